The number of hydrogen-bond donors (Lipinski definition) is 3. The molecule has 0 unspecified atom stereocenters. The van der Waals surface area contributed by atoms with E-state index in [2.05, 4.69) is 0 Å². The molecule has 3 heteroatoms. The zero-order valence-electron chi connectivity index (χ0n) is 8.41. The largest absolute Gasteiger partial charge is 0.390 e. The van der Waals surface area contributed by atoms with Gasteiger partial charge in [-0.25, -0.2) is 0 Å². The molecule has 76 valence electrons. The summed E-state index contributed by atoms with van der Waals surface area (Å²) in [7, 11) is 0. The number of rotatable bonds is 0. The Morgan fingerprint density at radius 1 is 1.08 bits per heavy atom. The molecule has 0 radical (unpaired) electrons. The minimum Gasteiger partial charge on any atom is -0.390 e. The quantitative estimate of drug-likeness (QED) is 0.509. The molecule has 13 heavy (non-hydrogen) atoms. The topological polar surface area (TPSA) is 60.7 Å². The summed E-state index contributed by atoms with van der Waals surface area (Å²) in [4.78, 5) is 0. The molecule has 3 rings (SSSR count). The second kappa shape index (κ2) is 2.10. The Bertz CT molecular complexity index is 239. The van der Waals surface area contributed by atoms with E-state index in [9.17, 15) is 15.3 Å². The van der Waals surface area contributed by atoms with Gasteiger partial charge in [0.2, 0.25) is 0 Å². The van der Waals surface area contributed by atoms with Crippen LogP contribution in [0.2, 0.25) is 0 Å². The Morgan fingerprint density at radius 2 is 1.62 bits per heavy atom. The van der Waals surface area contributed by atoms with Crippen molar-refractivity contribution in [3.8, 4) is 0 Å². The van der Waals surface area contributed by atoms with E-state index in [1.54, 1.807) is 6.92 Å². The fraction of sp³-hybridized carbons (Fsp3) is 1.00. The van der Waals surface area contributed by atoms with E-state index in [0.717, 1.165) is 0 Å². The highest BCUT2D eigenvalue weighted by Crippen LogP contribution is 2.64. The van der Waals surface area contributed by atoms with Crippen LogP contribution in [0.3, 0.4) is 0 Å². The maximum atomic E-state index is 10.1. The Hall–Kier alpha value is -0.120. The van der Waals surface area contributed by atoms with Crippen molar-refractivity contribution in [2.45, 2.75) is 50.9 Å². The number of aliphatic hydroxyl groups excluding tert-OH is 1. The van der Waals surface area contributed by atoms with Gasteiger partial charge in [0.05, 0.1) is 17.3 Å². The minimum atomic E-state index is -1.03. The summed E-state index contributed by atoms with van der Waals surface area (Å²) in [5, 5.41) is 29.8. The van der Waals surface area contributed by atoms with Crippen molar-refractivity contribution in [1.82, 2.24) is 0 Å². The number of fused-ring (bicyclic) bond motifs is 2. The van der Waals surface area contributed by atoms with Gasteiger partial charge in [-0.3, -0.25) is 0 Å². The van der Waals surface area contributed by atoms with E-state index in [-0.39, 0.29) is 11.3 Å². The monoisotopic (exact) mass is 186 g/mol. The summed E-state index contributed by atoms with van der Waals surface area (Å²) in [5.74, 6) is 0.00810. The molecule has 4 atom stereocenters. The van der Waals surface area contributed by atoms with Gasteiger partial charge in [-0.15, -0.1) is 0 Å². The summed E-state index contributed by atoms with van der Waals surface area (Å²) in [6.07, 6.45) is 0.123. The molecule has 0 saturated heterocycles. The first kappa shape index (κ1) is 9.44. The fourth-order valence-electron chi connectivity index (χ4n) is 3.09. The average Bonchev–Trinajstić information content (AvgIpc) is 1.97. The van der Waals surface area contributed by atoms with Crippen LogP contribution in [-0.4, -0.2) is 32.6 Å². The van der Waals surface area contributed by atoms with E-state index in [0.29, 0.717) is 12.8 Å². The first-order valence-corrected chi connectivity index (χ1v) is 4.85. The molecule has 3 aliphatic carbocycles. The molecule has 3 saturated carbocycles. The van der Waals surface area contributed by atoms with Crippen molar-refractivity contribution in [3.63, 3.8) is 0 Å². The first-order valence-electron chi connectivity index (χ1n) is 4.85. The summed E-state index contributed by atoms with van der Waals surface area (Å²) in [6, 6.07) is 0. The average molecular weight is 186 g/mol. The van der Waals surface area contributed by atoms with Crippen molar-refractivity contribution in [2.75, 3.05) is 0 Å². The third kappa shape index (κ3) is 0.853. The van der Waals surface area contributed by atoms with E-state index in [1.165, 1.54) is 0 Å². The van der Waals surface area contributed by atoms with Gasteiger partial charge in [0, 0.05) is 12.3 Å². The van der Waals surface area contributed by atoms with Gasteiger partial charge in [0.15, 0.2) is 0 Å². The summed E-state index contributed by atoms with van der Waals surface area (Å²) in [5.41, 5.74) is -2.07. The van der Waals surface area contributed by atoms with Gasteiger partial charge in [-0.2, -0.15) is 0 Å². The third-order valence-corrected chi connectivity index (χ3v) is 4.52. The Kier molecular flexibility index (Phi) is 1.52. The van der Waals surface area contributed by atoms with Crippen LogP contribution in [-0.2, 0) is 0 Å². The lowest BCUT2D eigenvalue weighted by molar-refractivity contribution is -0.319. The number of aliphatic hydroxyl groups is 3. The second-order valence-corrected chi connectivity index (χ2v) is 5.46. The fourth-order valence-corrected chi connectivity index (χ4v) is 3.09. The lowest BCUT2D eigenvalue weighted by atomic mass is 9.41. The van der Waals surface area contributed by atoms with Crippen LogP contribution in [0.4, 0.5) is 0 Å². The predicted molar refractivity (Wildman–Crippen MR) is 48.1 cm³/mol. The molecule has 0 aliphatic heterocycles. The molecule has 0 spiro atoms. The molecule has 3 nitrogen and oxygen atoms in total. The highest BCUT2D eigenvalue weighted by Gasteiger charge is 2.70. The van der Waals surface area contributed by atoms with Crippen LogP contribution in [0.15, 0.2) is 0 Å². The molecule has 0 aromatic heterocycles. The SMILES string of the molecule is CC1(C)[C@H]2C[C@]1(O)C[C@H](O)[C@]2(C)O. The van der Waals surface area contributed by atoms with Crippen LogP contribution < -0.4 is 0 Å². The maximum Gasteiger partial charge on any atom is 0.0913 e. The van der Waals surface area contributed by atoms with Gasteiger partial charge in [0.1, 0.15) is 0 Å². The normalized spacial score (nSPS) is 58.6. The van der Waals surface area contributed by atoms with Crippen LogP contribution in [0.1, 0.15) is 33.6 Å². The zero-order chi connectivity index (χ0) is 10.1. The second-order valence-electron chi connectivity index (χ2n) is 5.46. The summed E-state index contributed by atoms with van der Waals surface area (Å²) in [6.45, 7) is 5.59. The molecule has 3 N–H and O–H groups in total. The van der Waals surface area contributed by atoms with Crippen molar-refractivity contribution in [3.05, 3.63) is 0 Å². The predicted octanol–water partition coefficient (Wildman–Crippen LogP) is 0.279. The van der Waals surface area contributed by atoms with Gasteiger partial charge < -0.3 is 15.3 Å². The number of hydrogen-bond acceptors (Lipinski definition) is 3. The molecule has 0 amide bonds. The Morgan fingerprint density at radius 3 is 2.00 bits per heavy atom. The molecule has 0 heterocycles. The van der Waals surface area contributed by atoms with E-state index < -0.39 is 17.3 Å². The maximum absolute atomic E-state index is 10.1. The Balaban J connectivity index is 2.35. The molecule has 3 fully saturated rings. The molecule has 2 bridgehead atoms. The summed E-state index contributed by atoms with van der Waals surface area (Å²) < 4.78 is 0. The van der Waals surface area contributed by atoms with Gasteiger partial charge in [-0.05, 0) is 18.8 Å². The first-order chi connectivity index (χ1) is 5.72. The van der Waals surface area contributed by atoms with Gasteiger partial charge in [-0.1, -0.05) is 13.8 Å². The standard InChI is InChI=1S/C10H18O3/c1-8(2)6-4-10(8,13)5-7(11)9(6,3)12/h6-7,11-13H,4-5H2,1-3H3/t6-,7+,9-,10+/m1/s1. The van der Waals surface area contributed by atoms with Crippen LogP contribution >= 0.6 is 0 Å². The van der Waals surface area contributed by atoms with Gasteiger partial charge >= 0.3 is 0 Å². The molecular formula is C10H18O3. The molecule has 0 aromatic carbocycles. The van der Waals surface area contributed by atoms with E-state index >= 15 is 0 Å². The molecular weight excluding hydrogens is 168 g/mol. The van der Waals surface area contributed by atoms with E-state index in [4.69, 9.17) is 0 Å². The van der Waals surface area contributed by atoms with Gasteiger partial charge in [0.25, 0.3) is 0 Å². The van der Waals surface area contributed by atoms with E-state index in [1.807, 2.05) is 13.8 Å². The third-order valence-electron chi connectivity index (χ3n) is 4.52. The summed E-state index contributed by atoms with van der Waals surface area (Å²) >= 11 is 0. The van der Waals surface area contributed by atoms with Crippen LogP contribution in [0.25, 0.3) is 0 Å². The smallest absolute Gasteiger partial charge is 0.0913 e. The highest BCUT2D eigenvalue weighted by molar-refractivity contribution is 5.20. The van der Waals surface area contributed by atoms with Crippen molar-refractivity contribution >= 4 is 0 Å². The van der Waals surface area contributed by atoms with Crippen LogP contribution in [0.5, 0.6) is 0 Å². The lowest BCUT2D eigenvalue weighted by Gasteiger charge is -2.68. The highest BCUT2D eigenvalue weighted by atomic mass is 16.4. The minimum absolute atomic E-state index is 0.00810. The van der Waals surface area contributed by atoms with Crippen molar-refractivity contribution < 1.29 is 15.3 Å². The van der Waals surface area contributed by atoms with Crippen molar-refractivity contribution in [1.29, 1.82) is 0 Å². The van der Waals surface area contributed by atoms with Crippen molar-refractivity contribution in [2.24, 2.45) is 11.3 Å². The lowest BCUT2D eigenvalue weighted by Crippen LogP contribution is -2.75. The van der Waals surface area contributed by atoms with Crippen LogP contribution in [0, 0.1) is 11.3 Å². The Labute approximate surface area is 78.4 Å². The molecule has 3 aliphatic rings. The zero-order valence-corrected chi connectivity index (χ0v) is 8.41. The molecule has 0 aromatic rings.